The maximum absolute atomic E-state index is 12.6. The highest BCUT2D eigenvalue weighted by atomic mass is 32.2. The van der Waals surface area contributed by atoms with E-state index in [1.54, 1.807) is 33.2 Å². The Hall–Kier alpha value is -1.03. The second-order valence-electron chi connectivity index (χ2n) is 6.58. The molecular formula is C16H22N4O2S3. The first-order chi connectivity index (χ1) is 12.1. The second-order valence-corrected chi connectivity index (χ2v) is 10.7. The SMILES string of the molecule is O=S(=O)(c1cccs1)N1CCN(c2nnc(C3CCCCC3)s2)CC1. The Kier molecular flexibility index (Phi) is 5.08. The number of hydrogen-bond donors (Lipinski definition) is 0. The number of hydrogen-bond acceptors (Lipinski definition) is 7. The molecule has 0 amide bonds. The molecule has 6 nitrogen and oxygen atoms in total. The van der Waals surface area contributed by atoms with Crippen molar-refractivity contribution in [3.63, 3.8) is 0 Å². The third kappa shape index (κ3) is 3.60. The van der Waals surface area contributed by atoms with Crippen molar-refractivity contribution in [2.45, 2.75) is 42.2 Å². The van der Waals surface area contributed by atoms with Crippen molar-refractivity contribution in [1.82, 2.24) is 14.5 Å². The topological polar surface area (TPSA) is 66.4 Å². The fourth-order valence-electron chi connectivity index (χ4n) is 3.53. The van der Waals surface area contributed by atoms with Gasteiger partial charge in [-0.25, -0.2) is 8.42 Å². The maximum atomic E-state index is 12.6. The Morgan fingerprint density at radius 3 is 2.48 bits per heavy atom. The van der Waals surface area contributed by atoms with Crippen LogP contribution in [0.3, 0.4) is 0 Å². The lowest BCUT2D eigenvalue weighted by Crippen LogP contribution is -2.48. The van der Waals surface area contributed by atoms with Gasteiger partial charge in [-0.1, -0.05) is 36.7 Å². The second kappa shape index (κ2) is 7.30. The molecule has 25 heavy (non-hydrogen) atoms. The first-order valence-corrected chi connectivity index (χ1v) is 11.9. The van der Waals surface area contributed by atoms with Crippen molar-refractivity contribution in [3.05, 3.63) is 22.5 Å². The molecule has 9 heteroatoms. The molecule has 2 aliphatic rings. The Morgan fingerprint density at radius 2 is 1.80 bits per heavy atom. The van der Waals surface area contributed by atoms with Crippen LogP contribution in [0.25, 0.3) is 0 Å². The van der Waals surface area contributed by atoms with Gasteiger partial charge in [-0.15, -0.1) is 21.5 Å². The van der Waals surface area contributed by atoms with E-state index in [-0.39, 0.29) is 0 Å². The Balaban J connectivity index is 1.40. The summed E-state index contributed by atoms with van der Waals surface area (Å²) in [6, 6.07) is 3.45. The highest BCUT2D eigenvalue weighted by Gasteiger charge is 2.30. The fourth-order valence-corrected chi connectivity index (χ4v) is 7.16. The van der Waals surface area contributed by atoms with E-state index in [0.29, 0.717) is 36.3 Å². The standard InChI is InChI=1S/C16H22N4O2S3/c21-25(22,14-7-4-12-23-14)20-10-8-19(9-11-20)16-18-17-15(24-16)13-5-2-1-3-6-13/h4,7,12-13H,1-3,5-6,8-11H2. The van der Waals surface area contributed by atoms with Crippen LogP contribution in [0, 0.1) is 0 Å². The molecule has 2 aromatic rings. The van der Waals surface area contributed by atoms with Crippen molar-refractivity contribution in [2.75, 3.05) is 31.1 Å². The number of nitrogens with zero attached hydrogens (tertiary/aromatic N) is 4. The molecule has 0 unspecified atom stereocenters. The van der Waals surface area contributed by atoms with Crippen molar-refractivity contribution in [1.29, 1.82) is 0 Å². The summed E-state index contributed by atoms with van der Waals surface area (Å²) in [4.78, 5) is 2.17. The van der Waals surface area contributed by atoms with Gasteiger partial charge in [-0.2, -0.15) is 4.31 Å². The predicted molar refractivity (Wildman–Crippen MR) is 101 cm³/mol. The van der Waals surface area contributed by atoms with E-state index in [1.807, 2.05) is 0 Å². The van der Waals surface area contributed by atoms with Gasteiger partial charge in [0.1, 0.15) is 9.22 Å². The van der Waals surface area contributed by atoms with Crippen LogP contribution in [0.15, 0.2) is 21.7 Å². The van der Waals surface area contributed by atoms with Crippen LogP contribution in [0.1, 0.15) is 43.0 Å². The van der Waals surface area contributed by atoms with Gasteiger partial charge in [0, 0.05) is 32.1 Å². The van der Waals surface area contributed by atoms with E-state index >= 15 is 0 Å². The summed E-state index contributed by atoms with van der Waals surface area (Å²) in [5, 5.41) is 12.7. The highest BCUT2D eigenvalue weighted by Crippen LogP contribution is 2.36. The summed E-state index contributed by atoms with van der Waals surface area (Å²) in [5.41, 5.74) is 0. The minimum atomic E-state index is -3.34. The summed E-state index contributed by atoms with van der Waals surface area (Å²) in [7, 11) is -3.34. The summed E-state index contributed by atoms with van der Waals surface area (Å²) in [5.74, 6) is 0.570. The number of thiophene rings is 1. The zero-order valence-electron chi connectivity index (χ0n) is 14.0. The Labute approximate surface area is 156 Å². The Bertz CT molecular complexity index is 789. The van der Waals surface area contributed by atoms with E-state index in [9.17, 15) is 8.42 Å². The van der Waals surface area contributed by atoms with Gasteiger partial charge in [0.05, 0.1) is 0 Å². The first kappa shape index (κ1) is 17.4. The molecule has 3 heterocycles. The summed E-state index contributed by atoms with van der Waals surface area (Å²) >= 11 is 2.97. The molecule has 136 valence electrons. The molecule has 1 saturated heterocycles. The highest BCUT2D eigenvalue weighted by molar-refractivity contribution is 7.91. The van der Waals surface area contributed by atoms with E-state index in [0.717, 1.165) is 10.1 Å². The zero-order valence-corrected chi connectivity index (χ0v) is 16.5. The third-order valence-corrected chi connectivity index (χ3v) is 9.40. The quantitative estimate of drug-likeness (QED) is 0.791. The lowest BCUT2D eigenvalue weighted by Gasteiger charge is -2.33. The van der Waals surface area contributed by atoms with E-state index < -0.39 is 10.0 Å². The number of anilines is 1. The van der Waals surface area contributed by atoms with Crippen LogP contribution in [-0.4, -0.2) is 49.1 Å². The molecule has 0 radical (unpaired) electrons. The number of aromatic nitrogens is 2. The average Bonchev–Trinajstić information content (AvgIpc) is 3.35. The van der Waals surface area contributed by atoms with Gasteiger partial charge in [-0.05, 0) is 24.3 Å². The van der Waals surface area contributed by atoms with Gasteiger partial charge in [0.15, 0.2) is 0 Å². The monoisotopic (exact) mass is 398 g/mol. The molecular weight excluding hydrogens is 376 g/mol. The van der Waals surface area contributed by atoms with Crippen LogP contribution in [0.2, 0.25) is 0 Å². The number of piperazine rings is 1. The molecule has 0 spiro atoms. The number of rotatable bonds is 4. The smallest absolute Gasteiger partial charge is 0.252 e. The van der Waals surface area contributed by atoms with Gasteiger partial charge >= 0.3 is 0 Å². The fraction of sp³-hybridized carbons (Fsp3) is 0.625. The van der Waals surface area contributed by atoms with Crippen molar-refractivity contribution < 1.29 is 8.42 Å². The van der Waals surface area contributed by atoms with Crippen molar-refractivity contribution in [3.8, 4) is 0 Å². The van der Waals surface area contributed by atoms with Gasteiger partial charge in [0.25, 0.3) is 10.0 Å². The maximum Gasteiger partial charge on any atom is 0.252 e. The predicted octanol–water partition coefficient (Wildman–Crippen LogP) is 3.16. The van der Waals surface area contributed by atoms with E-state index in [4.69, 9.17) is 0 Å². The largest absolute Gasteiger partial charge is 0.344 e. The zero-order chi connectivity index (χ0) is 17.3. The van der Waals surface area contributed by atoms with Gasteiger partial charge in [-0.3, -0.25) is 0 Å². The first-order valence-electron chi connectivity index (χ1n) is 8.76. The average molecular weight is 399 g/mol. The van der Waals surface area contributed by atoms with Crippen LogP contribution < -0.4 is 4.90 Å². The summed E-state index contributed by atoms with van der Waals surface area (Å²) < 4.78 is 27.2. The van der Waals surface area contributed by atoms with E-state index in [1.165, 1.54) is 43.4 Å². The lowest BCUT2D eigenvalue weighted by atomic mass is 9.90. The van der Waals surface area contributed by atoms with Gasteiger partial charge < -0.3 is 4.90 Å². The Morgan fingerprint density at radius 1 is 1.04 bits per heavy atom. The molecule has 1 aliphatic carbocycles. The molecule has 0 N–H and O–H groups in total. The minimum absolute atomic E-state index is 0.427. The molecule has 0 bridgehead atoms. The molecule has 2 aromatic heterocycles. The third-order valence-electron chi connectivity index (χ3n) is 4.98. The number of sulfonamides is 1. The van der Waals surface area contributed by atoms with Crippen molar-refractivity contribution in [2.24, 2.45) is 0 Å². The molecule has 4 rings (SSSR count). The molecule has 1 aliphatic heterocycles. The minimum Gasteiger partial charge on any atom is -0.344 e. The van der Waals surface area contributed by atoms with Crippen LogP contribution in [0.4, 0.5) is 5.13 Å². The van der Waals surface area contributed by atoms with Crippen LogP contribution in [-0.2, 0) is 10.0 Å². The molecule has 2 fully saturated rings. The molecule has 0 atom stereocenters. The van der Waals surface area contributed by atoms with Crippen molar-refractivity contribution >= 4 is 37.8 Å². The van der Waals surface area contributed by atoms with Crippen LogP contribution >= 0.6 is 22.7 Å². The molecule has 0 aromatic carbocycles. The summed E-state index contributed by atoms with van der Waals surface area (Å²) in [6.45, 7) is 2.34. The summed E-state index contributed by atoms with van der Waals surface area (Å²) in [6.07, 6.45) is 6.36. The van der Waals surface area contributed by atoms with E-state index in [2.05, 4.69) is 15.1 Å². The normalized spacial score (nSPS) is 20.9. The molecule has 1 saturated carbocycles. The lowest BCUT2D eigenvalue weighted by molar-refractivity contribution is 0.385. The van der Waals surface area contributed by atoms with Gasteiger partial charge in [0.2, 0.25) is 5.13 Å². The van der Waals surface area contributed by atoms with Crippen LogP contribution in [0.5, 0.6) is 0 Å².